The molecule has 0 aliphatic carbocycles. The van der Waals surface area contributed by atoms with Gasteiger partial charge >= 0.3 is 0 Å². The number of hydrogen-bond acceptors (Lipinski definition) is 4. The molecule has 1 amide bonds. The molecule has 0 spiro atoms. The van der Waals surface area contributed by atoms with Crippen molar-refractivity contribution in [3.05, 3.63) is 27.8 Å². The van der Waals surface area contributed by atoms with Crippen molar-refractivity contribution in [2.75, 3.05) is 17.2 Å². The number of nitrogens with zero attached hydrogens (tertiary/aromatic N) is 2. The zero-order chi connectivity index (χ0) is 17.6. The monoisotopic (exact) mass is 315 g/mol. The number of carbonyl (C=O) groups is 1. The van der Waals surface area contributed by atoms with Crippen molar-refractivity contribution in [1.82, 2.24) is 0 Å². The predicted octanol–water partition coefficient (Wildman–Crippen LogP) is 2.85. The molecule has 122 valence electrons. The summed E-state index contributed by atoms with van der Waals surface area (Å²) in [5, 5.41) is 11.1. The third-order valence-electron chi connectivity index (χ3n) is 3.79. The number of anilines is 2. The average Bonchev–Trinajstić information content (AvgIpc) is 2.57. The SMILES string of the molecule is CC(C)(C)C#CCN1C(=O)C(C)(C)c2cc(N)c([N+](=O)[O-])cc21. The van der Waals surface area contributed by atoms with E-state index < -0.39 is 10.3 Å². The van der Waals surface area contributed by atoms with E-state index in [0.29, 0.717) is 11.3 Å². The Kier molecular flexibility index (Phi) is 3.85. The van der Waals surface area contributed by atoms with Crippen LogP contribution in [0.15, 0.2) is 12.1 Å². The summed E-state index contributed by atoms with van der Waals surface area (Å²) in [5.74, 6) is 5.94. The van der Waals surface area contributed by atoms with Gasteiger partial charge in [-0.15, -0.1) is 0 Å². The van der Waals surface area contributed by atoms with Gasteiger partial charge < -0.3 is 5.73 Å². The Morgan fingerprint density at radius 1 is 1.35 bits per heavy atom. The molecular weight excluding hydrogens is 294 g/mol. The minimum atomic E-state index is -0.776. The van der Waals surface area contributed by atoms with Gasteiger partial charge in [-0.25, -0.2) is 0 Å². The van der Waals surface area contributed by atoms with Crippen LogP contribution in [0.5, 0.6) is 0 Å². The number of nitrogen functional groups attached to an aromatic ring is 1. The second kappa shape index (κ2) is 5.27. The van der Waals surface area contributed by atoms with Gasteiger partial charge in [0.2, 0.25) is 5.91 Å². The summed E-state index contributed by atoms with van der Waals surface area (Å²) in [6, 6.07) is 2.90. The molecule has 23 heavy (non-hydrogen) atoms. The lowest BCUT2D eigenvalue weighted by molar-refractivity contribution is -0.383. The van der Waals surface area contributed by atoms with E-state index in [1.54, 1.807) is 13.8 Å². The van der Waals surface area contributed by atoms with E-state index in [1.807, 2.05) is 20.8 Å². The van der Waals surface area contributed by atoms with Crippen LogP contribution in [0.3, 0.4) is 0 Å². The van der Waals surface area contributed by atoms with E-state index in [0.717, 1.165) is 0 Å². The number of nitro groups is 1. The van der Waals surface area contributed by atoms with Crippen molar-refractivity contribution in [3.63, 3.8) is 0 Å². The Hall–Kier alpha value is -2.55. The van der Waals surface area contributed by atoms with Crippen LogP contribution in [-0.2, 0) is 10.2 Å². The number of benzene rings is 1. The highest BCUT2D eigenvalue weighted by atomic mass is 16.6. The fourth-order valence-corrected chi connectivity index (χ4v) is 2.58. The Morgan fingerprint density at radius 2 is 1.96 bits per heavy atom. The highest BCUT2D eigenvalue weighted by molar-refractivity contribution is 6.08. The van der Waals surface area contributed by atoms with Crippen molar-refractivity contribution >= 4 is 23.0 Å². The van der Waals surface area contributed by atoms with Crippen molar-refractivity contribution in [3.8, 4) is 11.8 Å². The van der Waals surface area contributed by atoms with Crippen LogP contribution in [-0.4, -0.2) is 17.4 Å². The van der Waals surface area contributed by atoms with E-state index in [4.69, 9.17) is 5.73 Å². The molecular formula is C17H21N3O3. The molecule has 0 atom stereocenters. The summed E-state index contributed by atoms with van der Waals surface area (Å²) in [7, 11) is 0. The molecule has 2 N–H and O–H groups in total. The normalized spacial score (nSPS) is 15.9. The number of rotatable bonds is 2. The van der Waals surface area contributed by atoms with Crippen LogP contribution in [0, 0.1) is 27.4 Å². The molecule has 0 saturated carbocycles. The van der Waals surface area contributed by atoms with Crippen molar-refractivity contribution in [2.45, 2.75) is 40.0 Å². The van der Waals surface area contributed by atoms with Gasteiger partial charge in [0, 0.05) is 11.5 Å². The van der Waals surface area contributed by atoms with Crippen LogP contribution in [0.1, 0.15) is 40.2 Å². The molecule has 1 aliphatic heterocycles. The Morgan fingerprint density at radius 3 is 2.48 bits per heavy atom. The summed E-state index contributed by atoms with van der Waals surface area (Å²) < 4.78 is 0. The maximum atomic E-state index is 12.7. The lowest BCUT2D eigenvalue weighted by Gasteiger charge is -2.18. The van der Waals surface area contributed by atoms with Crippen molar-refractivity contribution in [2.24, 2.45) is 5.41 Å². The minimum Gasteiger partial charge on any atom is -0.393 e. The quantitative estimate of drug-likeness (QED) is 0.393. The van der Waals surface area contributed by atoms with E-state index in [9.17, 15) is 14.9 Å². The maximum absolute atomic E-state index is 12.7. The van der Waals surface area contributed by atoms with Gasteiger partial charge in [-0.05, 0) is 46.2 Å². The summed E-state index contributed by atoms with van der Waals surface area (Å²) in [5.41, 5.74) is 5.91. The highest BCUT2D eigenvalue weighted by Crippen LogP contribution is 2.45. The van der Waals surface area contributed by atoms with E-state index in [-0.39, 0.29) is 29.2 Å². The number of hydrogen-bond donors (Lipinski definition) is 1. The standard InChI is InChI=1S/C17H21N3O3/c1-16(2,3)7-6-8-19-13-10-14(20(22)23)12(18)9-11(13)17(4,5)15(19)21/h9-10H,8,18H2,1-5H3. The first-order valence-electron chi connectivity index (χ1n) is 7.35. The Bertz CT molecular complexity index is 749. The van der Waals surface area contributed by atoms with Crippen molar-refractivity contribution < 1.29 is 9.72 Å². The molecule has 0 unspecified atom stereocenters. The summed E-state index contributed by atoms with van der Waals surface area (Å²) >= 11 is 0. The molecule has 6 nitrogen and oxygen atoms in total. The fraction of sp³-hybridized carbons (Fsp3) is 0.471. The molecule has 0 bridgehead atoms. The molecule has 6 heteroatoms. The molecule has 1 aliphatic rings. The third-order valence-corrected chi connectivity index (χ3v) is 3.79. The topological polar surface area (TPSA) is 89.5 Å². The van der Waals surface area contributed by atoms with Crippen LogP contribution in [0.4, 0.5) is 17.1 Å². The molecule has 1 heterocycles. The molecule has 0 aromatic heterocycles. The number of carbonyl (C=O) groups excluding carboxylic acids is 1. The smallest absolute Gasteiger partial charge is 0.294 e. The van der Waals surface area contributed by atoms with Crippen LogP contribution in [0.2, 0.25) is 0 Å². The molecule has 1 aromatic carbocycles. The molecule has 0 saturated heterocycles. The van der Waals surface area contributed by atoms with Gasteiger partial charge in [0.25, 0.3) is 5.69 Å². The molecule has 2 rings (SSSR count). The van der Waals surface area contributed by atoms with Gasteiger partial charge in [0.15, 0.2) is 0 Å². The first-order chi connectivity index (χ1) is 10.4. The van der Waals surface area contributed by atoms with E-state index >= 15 is 0 Å². The lowest BCUT2D eigenvalue weighted by atomic mass is 9.86. The van der Waals surface area contributed by atoms with E-state index in [2.05, 4.69) is 11.8 Å². The highest BCUT2D eigenvalue weighted by Gasteiger charge is 2.44. The van der Waals surface area contributed by atoms with Gasteiger partial charge in [-0.2, -0.15) is 0 Å². The number of nitrogens with two attached hydrogens (primary N) is 1. The number of nitro benzene ring substituents is 1. The largest absolute Gasteiger partial charge is 0.393 e. The number of amides is 1. The zero-order valence-corrected chi connectivity index (χ0v) is 14.1. The average molecular weight is 315 g/mol. The lowest BCUT2D eigenvalue weighted by Crippen LogP contribution is -2.36. The Balaban J connectivity index is 2.52. The van der Waals surface area contributed by atoms with Gasteiger partial charge in [0.05, 0.1) is 22.6 Å². The van der Waals surface area contributed by atoms with Gasteiger partial charge in [0.1, 0.15) is 5.69 Å². The third kappa shape index (κ3) is 3.00. The Labute approximate surface area is 135 Å². The second-order valence-corrected chi connectivity index (χ2v) is 7.25. The summed E-state index contributed by atoms with van der Waals surface area (Å²) in [4.78, 5) is 24.8. The summed E-state index contributed by atoms with van der Waals surface area (Å²) in [6.45, 7) is 9.72. The van der Waals surface area contributed by atoms with Crippen LogP contribution >= 0.6 is 0 Å². The van der Waals surface area contributed by atoms with E-state index in [1.165, 1.54) is 17.0 Å². The number of fused-ring (bicyclic) bond motifs is 1. The van der Waals surface area contributed by atoms with Crippen LogP contribution in [0.25, 0.3) is 0 Å². The van der Waals surface area contributed by atoms with Crippen LogP contribution < -0.4 is 10.6 Å². The first-order valence-corrected chi connectivity index (χ1v) is 7.35. The fourth-order valence-electron chi connectivity index (χ4n) is 2.58. The molecule has 1 aromatic rings. The maximum Gasteiger partial charge on any atom is 0.294 e. The second-order valence-electron chi connectivity index (χ2n) is 7.25. The molecule has 0 radical (unpaired) electrons. The first kappa shape index (κ1) is 16.8. The summed E-state index contributed by atoms with van der Waals surface area (Å²) in [6.07, 6.45) is 0. The van der Waals surface area contributed by atoms with Gasteiger partial charge in [-0.1, -0.05) is 11.8 Å². The molecule has 0 fully saturated rings. The minimum absolute atomic E-state index is 0.0669. The van der Waals surface area contributed by atoms with Gasteiger partial charge in [-0.3, -0.25) is 19.8 Å². The zero-order valence-electron chi connectivity index (χ0n) is 14.1. The van der Waals surface area contributed by atoms with Crippen molar-refractivity contribution in [1.29, 1.82) is 0 Å². The predicted molar refractivity (Wildman–Crippen MR) is 90.1 cm³/mol.